The van der Waals surface area contributed by atoms with Crippen LogP contribution in [-0.4, -0.2) is 34.4 Å². The molecule has 6 nitrogen and oxygen atoms in total. The highest BCUT2D eigenvalue weighted by Crippen LogP contribution is 2.16. The molecule has 2 unspecified atom stereocenters. The molecule has 2 rings (SSSR count). The number of aliphatic hydroxyl groups excluding tert-OH is 1. The summed E-state index contributed by atoms with van der Waals surface area (Å²) in [6, 6.07) is 15.8. The quantitative estimate of drug-likeness (QED) is 0.663. The lowest BCUT2D eigenvalue weighted by Gasteiger charge is -2.21. The highest BCUT2D eigenvalue weighted by Gasteiger charge is 2.28. The van der Waals surface area contributed by atoms with Gasteiger partial charge in [0.1, 0.15) is 6.61 Å². The molecule has 0 aliphatic rings. The second-order valence-electron chi connectivity index (χ2n) is 6.70. The molecule has 2 atom stereocenters. The summed E-state index contributed by atoms with van der Waals surface area (Å²) in [7, 11) is 0. The number of carbonyl (C=O) groups excluding carboxylic acids is 1. The summed E-state index contributed by atoms with van der Waals surface area (Å²) >= 11 is 0. The normalized spacial score (nSPS) is 13.0. The van der Waals surface area contributed by atoms with Crippen LogP contribution in [0.25, 0.3) is 0 Å². The van der Waals surface area contributed by atoms with Crippen molar-refractivity contribution in [3.63, 3.8) is 0 Å². The Hall–Kier alpha value is -2.86. The van der Waals surface area contributed by atoms with Crippen molar-refractivity contribution >= 4 is 12.1 Å². The zero-order valence-electron chi connectivity index (χ0n) is 15.5. The van der Waals surface area contributed by atoms with Crippen molar-refractivity contribution in [2.45, 2.75) is 44.9 Å². The first-order chi connectivity index (χ1) is 12.9. The number of ether oxygens (including phenoxy) is 1. The van der Waals surface area contributed by atoms with E-state index in [1.165, 1.54) is 0 Å². The number of carboxylic acid groups (broad SMARTS) is 1. The molecule has 0 saturated heterocycles. The van der Waals surface area contributed by atoms with Gasteiger partial charge < -0.3 is 20.3 Å². The van der Waals surface area contributed by atoms with Crippen LogP contribution in [0.4, 0.5) is 4.79 Å². The average Bonchev–Trinajstić information content (AvgIpc) is 2.66. The molecule has 0 spiro atoms. The van der Waals surface area contributed by atoms with E-state index in [9.17, 15) is 14.7 Å². The van der Waals surface area contributed by atoms with Gasteiger partial charge in [-0.05, 0) is 29.0 Å². The predicted molar refractivity (Wildman–Crippen MR) is 101 cm³/mol. The number of aliphatic carboxylic acids is 1. The van der Waals surface area contributed by atoms with Gasteiger partial charge in [-0.3, -0.25) is 0 Å². The van der Waals surface area contributed by atoms with E-state index in [1.54, 1.807) is 0 Å². The highest BCUT2D eigenvalue weighted by atomic mass is 16.5. The molecule has 6 heteroatoms. The van der Waals surface area contributed by atoms with Crippen LogP contribution in [0.15, 0.2) is 54.6 Å². The molecule has 1 amide bonds. The van der Waals surface area contributed by atoms with Crippen LogP contribution >= 0.6 is 0 Å². The third kappa shape index (κ3) is 6.42. The van der Waals surface area contributed by atoms with Crippen LogP contribution in [-0.2, 0) is 22.6 Å². The number of amides is 1. The van der Waals surface area contributed by atoms with Crippen molar-refractivity contribution in [1.29, 1.82) is 0 Å². The van der Waals surface area contributed by atoms with E-state index < -0.39 is 24.2 Å². The van der Waals surface area contributed by atoms with E-state index in [0.717, 1.165) is 16.7 Å². The molecule has 2 aromatic rings. The molecule has 144 valence electrons. The summed E-state index contributed by atoms with van der Waals surface area (Å²) < 4.78 is 5.12. The van der Waals surface area contributed by atoms with Crippen molar-refractivity contribution in [2.75, 3.05) is 0 Å². The molecule has 3 N–H and O–H groups in total. The van der Waals surface area contributed by atoms with Crippen LogP contribution < -0.4 is 5.32 Å². The van der Waals surface area contributed by atoms with Crippen molar-refractivity contribution in [3.05, 3.63) is 71.3 Å². The molecule has 0 aliphatic carbocycles. The minimum absolute atomic E-state index is 0.0612. The molecule has 0 aliphatic heterocycles. The van der Waals surface area contributed by atoms with Crippen LogP contribution in [0.2, 0.25) is 0 Å². The van der Waals surface area contributed by atoms with Gasteiger partial charge in [0.05, 0.1) is 6.04 Å². The van der Waals surface area contributed by atoms with Gasteiger partial charge in [0, 0.05) is 0 Å². The fraction of sp³-hybridized carbons (Fsp3) is 0.333. The van der Waals surface area contributed by atoms with Gasteiger partial charge in [0.25, 0.3) is 0 Å². The number of nitrogens with one attached hydrogen (secondary N) is 1. The molecule has 0 aromatic heterocycles. The molecule has 0 bridgehead atoms. The van der Waals surface area contributed by atoms with E-state index in [1.807, 2.05) is 54.6 Å². The molecule has 0 saturated carbocycles. The van der Waals surface area contributed by atoms with E-state index in [0.29, 0.717) is 5.92 Å². The Balaban J connectivity index is 2.00. The Morgan fingerprint density at radius 3 is 2.19 bits per heavy atom. The largest absolute Gasteiger partial charge is 0.479 e. The smallest absolute Gasteiger partial charge is 0.407 e. The number of carboxylic acids is 1. The summed E-state index contributed by atoms with van der Waals surface area (Å²) in [6.45, 7) is 4.22. The first kappa shape index (κ1) is 20.5. The van der Waals surface area contributed by atoms with E-state index >= 15 is 0 Å². The highest BCUT2D eigenvalue weighted by molar-refractivity contribution is 5.75. The van der Waals surface area contributed by atoms with Gasteiger partial charge >= 0.3 is 12.1 Å². The SMILES string of the molecule is CC(C)c1ccc(CC(NC(=O)OCc2ccccc2)C(O)C(=O)O)cc1. The van der Waals surface area contributed by atoms with E-state index in [-0.39, 0.29) is 13.0 Å². The fourth-order valence-corrected chi connectivity index (χ4v) is 2.62. The van der Waals surface area contributed by atoms with Crippen LogP contribution in [0.3, 0.4) is 0 Å². The minimum atomic E-state index is -1.74. The Labute approximate surface area is 158 Å². The predicted octanol–water partition coefficient (Wildman–Crippen LogP) is 3.09. The Morgan fingerprint density at radius 2 is 1.63 bits per heavy atom. The molecule has 27 heavy (non-hydrogen) atoms. The van der Waals surface area contributed by atoms with Gasteiger partial charge in [-0.15, -0.1) is 0 Å². The maximum atomic E-state index is 12.1. The maximum absolute atomic E-state index is 12.1. The van der Waals surface area contributed by atoms with E-state index in [4.69, 9.17) is 9.84 Å². The van der Waals surface area contributed by atoms with Gasteiger partial charge in [-0.2, -0.15) is 0 Å². The number of rotatable bonds is 8. The standard InChI is InChI=1S/C21H25NO5/c1-14(2)17-10-8-15(9-11-17)12-18(19(23)20(24)25)22-21(26)27-13-16-6-4-3-5-7-16/h3-11,14,18-19,23H,12-13H2,1-2H3,(H,22,26)(H,24,25). The third-order valence-electron chi connectivity index (χ3n) is 4.25. The summed E-state index contributed by atoms with van der Waals surface area (Å²) in [5, 5.41) is 21.5. The summed E-state index contributed by atoms with van der Waals surface area (Å²) in [5.74, 6) is -1.02. The maximum Gasteiger partial charge on any atom is 0.407 e. The minimum Gasteiger partial charge on any atom is -0.479 e. The number of aliphatic hydroxyl groups is 1. The summed E-state index contributed by atoms with van der Waals surface area (Å²) in [4.78, 5) is 23.2. The lowest BCUT2D eigenvalue weighted by atomic mass is 9.97. The zero-order valence-corrected chi connectivity index (χ0v) is 15.5. The van der Waals surface area contributed by atoms with Crippen LogP contribution in [0.5, 0.6) is 0 Å². The number of hydrogen-bond donors (Lipinski definition) is 3. The first-order valence-electron chi connectivity index (χ1n) is 8.83. The fourth-order valence-electron chi connectivity index (χ4n) is 2.62. The molecule has 2 aromatic carbocycles. The number of carbonyl (C=O) groups is 2. The topological polar surface area (TPSA) is 95.9 Å². The van der Waals surface area contributed by atoms with E-state index in [2.05, 4.69) is 19.2 Å². The Morgan fingerprint density at radius 1 is 1.00 bits per heavy atom. The molecule has 0 radical (unpaired) electrons. The molecular weight excluding hydrogens is 346 g/mol. The second-order valence-corrected chi connectivity index (χ2v) is 6.70. The van der Waals surface area contributed by atoms with Crippen molar-refractivity contribution in [1.82, 2.24) is 5.32 Å². The Kier molecular flexibility index (Phi) is 7.37. The lowest BCUT2D eigenvalue weighted by Crippen LogP contribution is -2.48. The number of hydrogen-bond acceptors (Lipinski definition) is 4. The number of benzene rings is 2. The van der Waals surface area contributed by atoms with Crippen molar-refractivity contribution in [2.24, 2.45) is 0 Å². The molecule has 0 heterocycles. The first-order valence-corrected chi connectivity index (χ1v) is 8.83. The monoisotopic (exact) mass is 371 g/mol. The zero-order chi connectivity index (χ0) is 19.8. The molecule has 0 fully saturated rings. The summed E-state index contributed by atoms with van der Waals surface area (Å²) in [5.41, 5.74) is 2.78. The van der Waals surface area contributed by atoms with Gasteiger partial charge in [0.2, 0.25) is 0 Å². The van der Waals surface area contributed by atoms with Crippen molar-refractivity contribution in [3.8, 4) is 0 Å². The van der Waals surface area contributed by atoms with Gasteiger partial charge in [-0.1, -0.05) is 68.4 Å². The third-order valence-corrected chi connectivity index (χ3v) is 4.25. The van der Waals surface area contributed by atoms with Crippen LogP contribution in [0.1, 0.15) is 36.5 Å². The summed E-state index contributed by atoms with van der Waals surface area (Å²) in [6.07, 6.45) is -2.34. The Bertz CT molecular complexity index is 743. The van der Waals surface area contributed by atoms with Crippen molar-refractivity contribution < 1.29 is 24.5 Å². The van der Waals surface area contributed by atoms with Gasteiger partial charge in [0.15, 0.2) is 6.10 Å². The number of alkyl carbamates (subject to hydrolysis) is 1. The van der Waals surface area contributed by atoms with Gasteiger partial charge in [-0.25, -0.2) is 9.59 Å². The van der Waals surface area contributed by atoms with Crippen LogP contribution in [0, 0.1) is 0 Å². The average molecular weight is 371 g/mol. The lowest BCUT2D eigenvalue weighted by molar-refractivity contribution is -0.148. The second kappa shape index (κ2) is 9.73. The molecular formula is C21H25NO5.